The molecule has 3 aliphatic rings. The molecule has 2 amide bonds. The molecule has 0 aliphatic carbocycles. The molecule has 8 nitrogen and oxygen atoms in total. The van der Waals surface area contributed by atoms with Gasteiger partial charge in [-0.3, -0.25) is 0 Å². The minimum Gasteiger partial charge on any atom is -0.479 e. The highest BCUT2D eigenvalue weighted by atomic mass is 32.2. The number of thioether (sulfide) groups is 1. The van der Waals surface area contributed by atoms with E-state index in [1.54, 1.807) is 11.8 Å². The van der Waals surface area contributed by atoms with Crippen molar-refractivity contribution in [2.24, 2.45) is 0 Å². The van der Waals surface area contributed by atoms with E-state index in [1.807, 2.05) is 0 Å². The van der Waals surface area contributed by atoms with Gasteiger partial charge in [-0.15, -0.1) is 0 Å². The Bertz CT molecular complexity index is 521. The molecule has 25 heavy (non-hydrogen) atoms. The van der Waals surface area contributed by atoms with E-state index < -0.39 is 24.0 Å². The molecule has 3 unspecified atom stereocenters. The van der Waals surface area contributed by atoms with E-state index in [0.29, 0.717) is 19.3 Å². The minimum absolute atomic E-state index is 0.0826. The predicted molar refractivity (Wildman–Crippen MR) is 91.4 cm³/mol. The van der Waals surface area contributed by atoms with Crippen LogP contribution in [0.25, 0.3) is 0 Å². The Kier molecular flexibility index (Phi) is 5.77. The number of amides is 2. The zero-order valence-electron chi connectivity index (χ0n) is 14.3. The van der Waals surface area contributed by atoms with E-state index in [4.69, 9.17) is 9.47 Å². The van der Waals surface area contributed by atoms with Crippen molar-refractivity contribution in [3.05, 3.63) is 0 Å². The Morgan fingerprint density at radius 1 is 1.44 bits per heavy atom. The van der Waals surface area contributed by atoms with Crippen molar-refractivity contribution in [3.63, 3.8) is 0 Å². The van der Waals surface area contributed by atoms with Crippen LogP contribution in [0.15, 0.2) is 0 Å². The Morgan fingerprint density at radius 3 is 2.96 bits per heavy atom. The van der Waals surface area contributed by atoms with Gasteiger partial charge in [0.05, 0.1) is 12.1 Å². The van der Waals surface area contributed by atoms with Gasteiger partial charge in [0.2, 0.25) is 0 Å². The van der Waals surface area contributed by atoms with Gasteiger partial charge in [-0.1, -0.05) is 0 Å². The highest BCUT2D eigenvalue weighted by molar-refractivity contribution is 8.00. The van der Waals surface area contributed by atoms with Crippen LogP contribution in [-0.4, -0.2) is 70.4 Å². The van der Waals surface area contributed by atoms with Gasteiger partial charge in [0.1, 0.15) is 6.10 Å². The van der Waals surface area contributed by atoms with Crippen LogP contribution >= 0.6 is 11.8 Å². The summed E-state index contributed by atoms with van der Waals surface area (Å²) in [6, 6.07) is 0.0905. The molecular weight excluding hydrogens is 348 g/mol. The summed E-state index contributed by atoms with van der Waals surface area (Å²) in [4.78, 5) is 23.1. The van der Waals surface area contributed by atoms with E-state index >= 15 is 0 Å². The SMILES string of the molecule is COC1CCCC(C(O)(CCC[C@@H]2SC[C@@H]3NC(=O)N[C@@H]32)C(=O)O)O1. The zero-order valence-corrected chi connectivity index (χ0v) is 15.1. The number of aliphatic carboxylic acids is 1. The van der Waals surface area contributed by atoms with Gasteiger partial charge < -0.3 is 30.3 Å². The number of carbonyl (C=O) groups excluding carboxylic acids is 1. The van der Waals surface area contributed by atoms with Gasteiger partial charge in [-0.2, -0.15) is 11.8 Å². The lowest BCUT2D eigenvalue weighted by atomic mass is 9.85. The normalized spacial score (nSPS) is 37.0. The molecular formula is C16H26N2O6S. The van der Waals surface area contributed by atoms with Crippen molar-refractivity contribution in [1.82, 2.24) is 10.6 Å². The second-order valence-corrected chi connectivity index (χ2v) is 8.24. The maximum absolute atomic E-state index is 11.7. The Hall–Kier alpha value is -1.03. The molecule has 3 heterocycles. The monoisotopic (exact) mass is 374 g/mol. The summed E-state index contributed by atoms with van der Waals surface area (Å²) in [7, 11) is 1.52. The Labute approximate surface area is 151 Å². The fourth-order valence-electron chi connectivity index (χ4n) is 3.94. The van der Waals surface area contributed by atoms with Crippen LogP contribution in [0.3, 0.4) is 0 Å². The topological polar surface area (TPSA) is 117 Å². The third-order valence-electron chi connectivity index (χ3n) is 5.37. The number of rotatable bonds is 7. The molecule has 0 saturated carbocycles. The molecule has 0 aromatic rings. The van der Waals surface area contributed by atoms with Crippen LogP contribution in [0.4, 0.5) is 4.79 Å². The highest BCUT2D eigenvalue weighted by Gasteiger charge is 2.48. The molecule has 9 heteroatoms. The van der Waals surface area contributed by atoms with E-state index in [9.17, 15) is 19.8 Å². The summed E-state index contributed by atoms with van der Waals surface area (Å²) in [5.41, 5.74) is -1.91. The summed E-state index contributed by atoms with van der Waals surface area (Å²) < 4.78 is 10.8. The lowest BCUT2D eigenvalue weighted by molar-refractivity contribution is -0.234. The zero-order chi connectivity index (χ0) is 18.0. The number of aliphatic hydroxyl groups is 1. The summed E-state index contributed by atoms with van der Waals surface area (Å²) in [5.74, 6) is -0.388. The summed E-state index contributed by atoms with van der Waals surface area (Å²) in [6.45, 7) is 0. The van der Waals surface area contributed by atoms with Gasteiger partial charge in [-0.05, 0) is 38.5 Å². The van der Waals surface area contributed by atoms with Gasteiger partial charge in [0, 0.05) is 18.1 Å². The number of carboxylic acids is 1. The van der Waals surface area contributed by atoms with Crippen LogP contribution < -0.4 is 10.6 Å². The molecule has 4 N–H and O–H groups in total. The van der Waals surface area contributed by atoms with Gasteiger partial charge >= 0.3 is 12.0 Å². The van der Waals surface area contributed by atoms with Crippen LogP contribution in [0, 0.1) is 0 Å². The van der Waals surface area contributed by atoms with Crippen molar-refractivity contribution in [1.29, 1.82) is 0 Å². The number of carboxylic acid groups (broad SMARTS) is 1. The van der Waals surface area contributed by atoms with E-state index in [2.05, 4.69) is 10.6 Å². The first-order chi connectivity index (χ1) is 11.9. The first-order valence-electron chi connectivity index (χ1n) is 8.76. The average Bonchev–Trinajstić information content (AvgIpc) is 3.14. The number of carbonyl (C=O) groups is 2. The molecule has 0 aromatic carbocycles. The summed E-state index contributed by atoms with van der Waals surface area (Å²) in [5, 5.41) is 26.4. The third-order valence-corrected chi connectivity index (χ3v) is 6.88. The third kappa shape index (κ3) is 3.89. The van der Waals surface area contributed by atoms with Crippen LogP contribution in [0.1, 0.15) is 38.5 Å². The van der Waals surface area contributed by atoms with Crippen molar-refractivity contribution in [2.75, 3.05) is 12.9 Å². The average molecular weight is 374 g/mol. The lowest BCUT2D eigenvalue weighted by Gasteiger charge is -2.38. The second kappa shape index (κ2) is 7.69. The summed E-state index contributed by atoms with van der Waals surface area (Å²) in [6.07, 6.45) is 2.16. The molecule has 0 spiro atoms. The predicted octanol–water partition coefficient (Wildman–Crippen LogP) is 0.679. The highest BCUT2D eigenvalue weighted by Crippen LogP contribution is 2.36. The molecule has 3 saturated heterocycles. The van der Waals surface area contributed by atoms with E-state index in [1.165, 1.54) is 7.11 Å². The Morgan fingerprint density at radius 2 is 2.24 bits per heavy atom. The number of methoxy groups -OCH3 is 1. The van der Waals surface area contributed by atoms with Gasteiger partial charge in [0.25, 0.3) is 0 Å². The molecule has 3 aliphatic heterocycles. The number of hydrogen-bond acceptors (Lipinski definition) is 6. The number of nitrogens with one attached hydrogen (secondary N) is 2. The molecule has 3 fully saturated rings. The smallest absolute Gasteiger partial charge is 0.338 e. The number of fused-ring (bicyclic) bond motifs is 1. The maximum atomic E-state index is 11.7. The van der Waals surface area contributed by atoms with Crippen LogP contribution in [0.5, 0.6) is 0 Å². The second-order valence-electron chi connectivity index (χ2n) is 6.96. The van der Waals surface area contributed by atoms with Crippen LogP contribution in [-0.2, 0) is 14.3 Å². The van der Waals surface area contributed by atoms with Crippen molar-refractivity contribution < 1.29 is 29.3 Å². The standard InChI is InChI=1S/C16H26N2O6S/c1-23-12-6-2-5-11(24-12)16(22,14(19)20)7-3-4-10-13-9(8-25-10)17-15(21)18-13/h9-13,22H,2-8H2,1H3,(H,19,20)(H2,17,18,21)/t9-,10-,11?,12?,13-,16?/m0/s1. The first kappa shape index (κ1) is 18.8. The molecule has 0 radical (unpaired) electrons. The van der Waals surface area contributed by atoms with Crippen LogP contribution in [0.2, 0.25) is 0 Å². The largest absolute Gasteiger partial charge is 0.479 e. The molecule has 0 aromatic heterocycles. The molecule has 0 bridgehead atoms. The van der Waals surface area contributed by atoms with E-state index in [0.717, 1.165) is 18.6 Å². The quantitative estimate of drug-likeness (QED) is 0.484. The molecule has 142 valence electrons. The summed E-state index contributed by atoms with van der Waals surface area (Å²) >= 11 is 1.78. The molecule has 6 atom stereocenters. The minimum atomic E-state index is -1.91. The van der Waals surface area contributed by atoms with Crippen molar-refractivity contribution in [3.8, 4) is 0 Å². The number of urea groups is 1. The van der Waals surface area contributed by atoms with Gasteiger partial charge in [0.15, 0.2) is 11.9 Å². The van der Waals surface area contributed by atoms with Crippen molar-refractivity contribution in [2.45, 2.75) is 73.9 Å². The number of hydrogen-bond donors (Lipinski definition) is 4. The fourth-order valence-corrected chi connectivity index (χ4v) is 5.48. The Balaban J connectivity index is 1.55. The van der Waals surface area contributed by atoms with E-state index in [-0.39, 0.29) is 29.8 Å². The molecule has 3 rings (SSSR count). The maximum Gasteiger partial charge on any atom is 0.338 e. The number of ether oxygens (including phenoxy) is 2. The fraction of sp³-hybridized carbons (Fsp3) is 0.875. The first-order valence-corrected chi connectivity index (χ1v) is 9.81. The van der Waals surface area contributed by atoms with Crippen molar-refractivity contribution >= 4 is 23.8 Å². The van der Waals surface area contributed by atoms with Gasteiger partial charge in [-0.25, -0.2) is 9.59 Å². The lowest BCUT2D eigenvalue weighted by Crippen LogP contribution is -2.53.